The van der Waals surface area contributed by atoms with Gasteiger partial charge in [0.05, 0.1) is 17.2 Å². The molecule has 2 amide bonds. The van der Waals surface area contributed by atoms with E-state index in [1.807, 2.05) is 31.2 Å². The molecule has 0 aliphatic carbocycles. The minimum Gasteiger partial charge on any atom is -0.484 e. The Labute approximate surface area is 197 Å². The number of ether oxygens (including phenoxy) is 3. The number of aryl methyl sites for hydroxylation is 1. The summed E-state index contributed by atoms with van der Waals surface area (Å²) in [5.41, 5.74) is 1.94. The lowest BCUT2D eigenvalue weighted by atomic mass is 10.2. The van der Waals surface area contributed by atoms with Crippen molar-refractivity contribution >= 4 is 29.1 Å². The maximum Gasteiger partial charge on any atom is 0.262 e. The molecule has 0 fully saturated rings. The van der Waals surface area contributed by atoms with E-state index in [9.17, 15) is 9.59 Å². The molecular weight excluding hydrogens is 444 g/mol. The van der Waals surface area contributed by atoms with Gasteiger partial charge in [-0.05, 0) is 61.5 Å². The fourth-order valence-corrected chi connectivity index (χ4v) is 3.10. The van der Waals surface area contributed by atoms with E-state index in [-0.39, 0.29) is 23.4 Å². The molecule has 0 radical (unpaired) electrons. The number of nitrogens with one attached hydrogen (secondary N) is 2. The zero-order valence-electron chi connectivity index (χ0n) is 18.4. The first-order valence-electron chi connectivity index (χ1n) is 10.3. The van der Waals surface area contributed by atoms with Gasteiger partial charge in [0.25, 0.3) is 11.8 Å². The van der Waals surface area contributed by atoms with E-state index in [0.29, 0.717) is 35.9 Å². The molecule has 0 heterocycles. The van der Waals surface area contributed by atoms with Gasteiger partial charge in [-0.3, -0.25) is 9.59 Å². The second-order valence-corrected chi connectivity index (χ2v) is 7.57. The summed E-state index contributed by atoms with van der Waals surface area (Å²) in [7, 11) is 1.55. The standard InChI is InChI=1S/C25H25ClN2O5/c1-17-3-6-20(7-4-17)33-21-10-8-19(9-11-21)32-16-24(29)28-18-5-12-22(23(26)15-18)25(30)27-13-14-31-2/h3-12,15H,13-14,16H2,1-2H3,(H,27,30)(H,28,29). The lowest BCUT2D eigenvalue weighted by molar-refractivity contribution is -0.118. The number of halogens is 1. The third kappa shape index (κ3) is 7.52. The van der Waals surface area contributed by atoms with Crippen molar-refractivity contribution in [2.75, 3.05) is 32.2 Å². The van der Waals surface area contributed by atoms with Crippen molar-refractivity contribution < 1.29 is 23.8 Å². The Hall–Kier alpha value is -3.55. The van der Waals surface area contributed by atoms with Gasteiger partial charge in [0.2, 0.25) is 0 Å². The number of amides is 2. The molecule has 172 valence electrons. The number of rotatable bonds is 10. The maximum absolute atomic E-state index is 12.2. The summed E-state index contributed by atoms with van der Waals surface area (Å²) in [5.74, 6) is 1.27. The molecule has 7 nitrogen and oxygen atoms in total. The number of benzene rings is 3. The average Bonchev–Trinajstić information content (AvgIpc) is 2.80. The maximum atomic E-state index is 12.2. The highest BCUT2D eigenvalue weighted by molar-refractivity contribution is 6.34. The van der Waals surface area contributed by atoms with Crippen LogP contribution in [0.15, 0.2) is 66.7 Å². The van der Waals surface area contributed by atoms with Gasteiger partial charge < -0.3 is 24.8 Å². The van der Waals surface area contributed by atoms with E-state index in [2.05, 4.69) is 10.6 Å². The fraction of sp³-hybridized carbons (Fsp3) is 0.200. The Kier molecular flexibility index (Phi) is 8.69. The molecule has 0 saturated carbocycles. The van der Waals surface area contributed by atoms with Crippen LogP contribution in [0.4, 0.5) is 5.69 Å². The van der Waals surface area contributed by atoms with Gasteiger partial charge in [-0.15, -0.1) is 0 Å². The molecule has 0 spiro atoms. The van der Waals surface area contributed by atoms with Crippen molar-refractivity contribution in [1.82, 2.24) is 5.32 Å². The Morgan fingerprint density at radius 3 is 2.18 bits per heavy atom. The second-order valence-electron chi connectivity index (χ2n) is 7.17. The smallest absolute Gasteiger partial charge is 0.262 e. The normalized spacial score (nSPS) is 10.4. The second kappa shape index (κ2) is 11.9. The minimum atomic E-state index is -0.358. The van der Waals surface area contributed by atoms with Crippen LogP contribution in [0.3, 0.4) is 0 Å². The molecule has 0 aliphatic heterocycles. The third-order valence-corrected chi connectivity index (χ3v) is 4.85. The van der Waals surface area contributed by atoms with E-state index >= 15 is 0 Å². The summed E-state index contributed by atoms with van der Waals surface area (Å²) in [6, 6.07) is 19.4. The number of methoxy groups -OCH3 is 1. The first-order chi connectivity index (χ1) is 15.9. The summed E-state index contributed by atoms with van der Waals surface area (Å²) in [4.78, 5) is 24.3. The molecule has 3 aromatic carbocycles. The molecule has 0 unspecified atom stereocenters. The van der Waals surface area contributed by atoms with Crippen LogP contribution < -0.4 is 20.1 Å². The lowest BCUT2D eigenvalue weighted by Gasteiger charge is -2.11. The van der Waals surface area contributed by atoms with Gasteiger partial charge in [-0.2, -0.15) is 0 Å². The average molecular weight is 469 g/mol. The van der Waals surface area contributed by atoms with E-state index in [4.69, 9.17) is 25.8 Å². The molecule has 0 saturated heterocycles. The first kappa shape index (κ1) is 24.1. The number of carbonyl (C=O) groups is 2. The SMILES string of the molecule is COCCNC(=O)c1ccc(NC(=O)COc2ccc(Oc3ccc(C)cc3)cc2)cc1Cl. The molecule has 3 rings (SSSR count). The Balaban J connectivity index is 1.48. The summed E-state index contributed by atoms with van der Waals surface area (Å²) in [6.45, 7) is 2.61. The largest absolute Gasteiger partial charge is 0.484 e. The number of carbonyl (C=O) groups excluding carboxylic acids is 2. The predicted octanol–water partition coefficient (Wildman–Crippen LogP) is 4.83. The molecular formula is C25H25ClN2O5. The molecule has 2 N–H and O–H groups in total. The molecule has 0 bridgehead atoms. The fourth-order valence-electron chi connectivity index (χ4n) is 2.83. The number of anilines is 1. The van der Waals surface area contributed by atoms with Crippen molar-refractivity contribution in [3.8, 4) is 17.2 Å². The Bertz CT molecular complexity index is 1080. The highest BCUT2D eigenvalue weighted by Gasteiger charge is 2.12. The van der Waals surface area contributed by atoms with Crippen LogP contribution in [0, 0.1) is 6.92 Å². The number of hydrogen-bond donors (Lipinski definition) is 2. The van der Waals surface area contributed by atoms with Gasteiger partial charge in [0, 0.05) is 19.3 Å². The van der Waals surface area contributed by atoms with Crippen LogP contribution in [0.5, 0.6) is 17.2 Å². The van der Waals surface area contributed by atoms with Crippen molar-refractivity contribution in [3.63, 3.8) is 0 Å². The highest BCUT2D eigenvalue weighted by Crippen LogP contribution is 2.24. The highest BCUT2D eigenvalue weighted by atomic mass is 35.5. The zero-order chi connectivity index (χ0) is 23.6. The van der Waals surface area contributed by atoms with Crippen molar-refractivity contribution in [2.45, 2.75) is 6.92 Å². The van der Waals surface area contributed by atoms with Crippen molar-refractivity contribution in [3.05, 3.63) is 82.9 Å². The topological polar surface area (TPSA) is 85.9 Å². The molecule has 33 heavy (non-hydrogen) atoms. The molecule has 3 aromatic rings. The van der Waals surface area contributed by atoms with Crippen molar-refractivity contribution in [2.24, 2.45) is 0 Å². The Morgan fingerprint density at radius 2 is 1.55 bits per heavy atom. The first-order valence-corrected chi connectivity index (χ1v) is 10.7. The molecule has 8 heteroatoms. The Morgan fingerprint density at radius 1 is 0.909 bits per heavy atom. The van der Waals surface area contributed by atoms with Crippen LogP contribution in [0.25, 0.3) is 0 Å². The predicted molar refractivity (Wildman–Crippen MR) is 127 cm³/mol. The van der Waals surface area contributed by atoms with Gasteiger partial charge in [-0.25, -0.2) is 0 Å². The van der Waals surface area contributed by atoms with E-state index in [1.165, 1.54) is 6.07 Å². The molecule has 0 atom stereocenters. The lowest BCUT2D eigenvalue weighted by Crippen LogP contribution is -2.27. The summed E-state index contributed by atoms with van der Waals surface area (Å²) < 4.78 is 16.2. The number of hydrogen-bond acceptors (Lipinski definition) is 5. The third-order valence-electron chi connectivity index (χ3n) is 4.54. The zero-order valence-corrected chi connectivity index (χ0v) is 19.1. The van der Waals surface area contributed by atoms with Crippen LogP contribution in [-0.4, -0.2) is 38.7 Å². The van der Waals surface area contributed by atoms with Crippen molar-refractivity contribution in [1.29, 1.82) is 0 Å². The quantitative estimate of drug-likeness (QED) is 0.416. The molecule has 0 aliphatic rings. The van der Waals surface area contributed by atoms with E-state index < -0.39 is 0 Å². The van der Waals surface area contributed by atoms with E-state index in [1.54, 1.807) is 43.5 Å². The van der Waals surface area contributed by atoms with Crippen LogP contribution in [0.2, 0.25) is 5.02 Å². The summed E-state index contributed by atoms with van der Waals surface area (Å²) in [6.07, 6.45) is 0. The van der Waals surface area contributed by atoms with E-state index in [0.717, 1.165) is 11.3 Å². The molecule has 0 aromatic heterocycles. The van der Waals surface area contributed by atoms with Gasteiger partial charge in [0.1, 0.15) is 17.2 Å². The van der Waals surface area contributed by atoms with Gasteiger partial charge in [-0.1, -0.05) is 29.3 Å². The van der Waals surface area contributed by atoms with Crippen LogP contribution in [-0.2, 0) is 9.53 Å². The summed E-state index contributed by atoms with van der Waals surface area (Å²) >= 11 is 6.19. The monoisotopic (exact) mass is 468 g/mol. The van der Waals surface area contributed by atoms with Gasteiger partial charge >= 0.3 is 0 Å². The van der Waals surface area contributed by atoms with Crippen LogP contribution in [0.1, 0.15) is 15.9 Å². The summed E-state index contributed by atoms with van der Waals surface area (Å²) in [5, 5.41) is 5.62. The minimum absolute atomic E-state index is 0.185. The van der Waals surface area contributed by atoms with Crippen LogP contribution >= 0.6 is 11.6 Å². The van der Waals surface area contributed by atoms with Gasteiger partial charge in [0.15, 0.2) is 6.61 Å².